The van der Waals surface area contributed by atoms with Gasteiger partial charge in [-0.3, -0.25) is 0 Å². The number of carbonyl (C=O) groups excluding carboxylic acids is 1. The van der Waals surface area contributed by atoms with E-state index < -0.39 is 5.97 Å². The smallest absolute Gasteiger partial charge is 0.356 e. The number of rotatable bonds is 8. The predicted octanol–water partition coefficient (Wildman–Crippen LogP) is 1.68. The molecule has 6 nitrogen and oxygen atoms in total. The lowest BCUT2D eigenvalue weighted by Gasteiger charge is -2.09. The van der Waals surface area contributed by atoms with Crippen molar-refractivity contribution in [2.75, 3.05) is 37.9 Å². The largest absolute Gasteiger partial charge is 0.464 e. The van der Waals surface area contributed by atoms with E-state index in [1.807, 2.05) is 0 Å². The van der Waals surface area contributed by atoms with Crippen molar-refractivity contribution in [3.63, 3.8) is 0 Å². The number of nitrogens with one attached hydrogen (secondary N) is 1. The van der Waals surface area contributed by atoms with Crippen molar-refractivity contribution in [3.05, 3.63) is 17.8 Å². The third-order valence-corrected chi connectivity index (χ3v) is 3.13. The van der Waals surface area contributed by atoms with E-state index in [0.29, 0.717) is 18.1 Å². The number of nitrogen functional groups attached to an aromatic ring is 1. The van der Waals surface area contributed by atoms with Crippen LogP contribution in [0.3, 0.4) is 0 Å². The molecule has 1 aliphatic carbocycles. The lowest BCUT2D eigenvalue weighted by molar-refractivity contribution is 0.0594. The molecule has 1 aliphatic rings. The summed E-state index contributed by atoms with van der Waals surface area (Å²) in [6.45, 7) is 2.30. The predicted molar refractivity (Wildman–Crippen MR) is 76.6 cm³/mol. The van der Waals surface area contributed by atoms with Gasteiger partial charge in [0.1, 0.15) is 5.82 Å². The number of anilines is 2. The molecule has 0 aliphatic heterocycles. The number of methoxy groups -OCH3 is 1. The van der Waals surface area contributed by atoms with Gasteiger partial charge in [-0.15, -0.1) is 0 Å². The molecular formula is C14H21N3O3. The summed E-state index contributed by atoms with van der Waals surface area (Å²) >= 11 is 0. The Labute approximate surface area is 118 Å². The van der Waals surface area contributed by atoms with Crippen molar-refractivity contribution < 1.29 is 14.3 Å². The van der Waals surface area contributed by atoms with Crippen LogP contribution in [-0.2, 0) is 9.47 Å². The number of hydrogen-bond acceptors (Lipinski definition) is 6. The van der Waals surface area contributed by atoms with Crippen LogP contribution in [0.4, 0.5) is 11.5 Å². The summed E-state index contributed by atoms with van der Waals surface area (Å²) in [6.07, 6.45) is 3.48. The topological polar surface area (TPSA) is 86.5 Å². The zero-order valence-corrected chi connectivity index (χ0v) is 11.7. The lowest BCUT2D eigenvalue weighted by atomic mass is 10.3. The van der Waals surface area contributed by atoms with E-state index in [4.69, 9.17) is 10.5 Å². The Bertz CT molecular complexity index is 461. The van der Waals surface area contributed by atoms with E-state index in [2.05, 4.69) is 15.0 Å². The molecule has 0 radical (unpaired) electrons. The van der Waals surface area contributed by atoms with Crippen LogP contribution in [0.25, 0.3) is 0 Å². The fraction of sp³-hybridized carbons (Fsp3) is 0.571. The minimum absolute atomic E-state index is 0.245. The first-order valence-electron chi connectivity index (χ1n) is 6.87. The molecule has 20 heavy (non-hydrogen) atoms. The summed E-state index contributed by atoms with van der Waals surface area (Å²) < 4.78 is 10.2. The highest BCUT2D eigenvalue weighted by Gasteiger charge is 2.20. The van der Waals surface area contributed by atoms with Crippen molar-refractivity contribution in [1.29, 1.82) is 0 Å². The van der Waals surface area contributed by atoms with Crippen LogP contribution >= 0.6 is 0 Å². The molecule has 0 spiro atoms. The Balaban J connectivity index is 1.74. The van der Waals surface area contributed by atoms with E-state index in [9.17, 15) is 4.79 Å². The fourth-order valence-corrected chi connectivity index (χ4v) is 1.75. The maximum Gasteiger partial charge on any atom is 0.356 e. The van der Waals surface area contributed by atoms with Gasteiger partial charge in [0.2, 0.25) is 0 Å². The molecule has 0 bridgehead atoms. The second-order valence-electron chi connectivity index (χ2n) is 4.92. The summed E-state index contributed by atoms with van der Waals surface area (Å²) in [4.78, 5) is 15.5. The van der Waals surface area contributed by atoms with Gasteiger partial charge < -0.3 is 20.5 Å². The number of pyridine rings is 1. The molecule has 0 atom stereocenters. The molecule has 1 aromatic rings. The Kier molecular flexibility index (Phi) is 5.17. The van der Waals surface area contributed by atoms with Crippen LogP contribution in [-0.4, -0.2) is 37.8 Å². The van der Waals surface area contributed by atoms with Crippen molar-refractivity contribution in [2.24, 2.45) is 5.92 Å². The second-order valence-corrected chi connectivity index (χ2v) is 4.92. The van der Waals surface area contributed by atoms with E-state index in [1.165, 1.54) is 20.0 Å². The number of ether oxygens (including phenoxy) is 2. The van der Waals surface area contributed by atoms with Gasteiger partial charge in [0, 0.05) is 19.8 Å². The monoisotopic (exact) mass is 279 g/mol. The molecular weight excluding hydrogens is 258 g/mol. The molecule has 0 amide bonds. The number of nitrogens with zero attached hydrogens (tertiary/aromatic N) is 1. The molecule has 0 unspecified atom stereocenters. The van der Waals surface area contributed by atoms with E-state index in [0.717, 1.165) is 25.6 Å². The van der Waals surface area contributed by atoms with Gasteiger partial charge in [-0.05, 0) is 37.3 Å². The molecule has 1 aromatic heterocycles. The highest BCUT2D eigenvalue weighted by molar-refractivity contribution is 5.88. The highest BCUT2D eigenvalue weighted by Crippen LogP contribution is 2.28. The number of hydrogen-bond donors (Lipinski definition) is 2. The first kappa shape index (κ1) is 14.6. The normalized spacial score (nSPS) is 14.1. The Hall–Kier alpha value is -1.82. The van der Waals surface area contributed by atoms with Gasteiger partial charge in [-0.25, -0.2) is 9.78 Å². The van der Waals surface area contributed by atoms with Crippen LogP contribution in [0.2, 0.25) is 0 Å². The Morgan fingerprint density at radius 2 is 2.30 bits per heavy atom. The van der Waals surface area contributed by atoms with Crippen LogP contribution in [0.15, 0.2) is 12.1 Å². The number of carbonyl (C=O) groups is 1. The second kappa shape index (κ2) is 7.09. The summed E-state index contributed by atoms with van der Waals surface area (Å²) in [6, 6.07) is 3.19. The van der Waals surface area contributed by atoms with Gasteiger partial charge in [0.15, 0.2) is 5.69 Å². The number of esters is 1. The van der Waals surface area contributed by atoms with Gasteiger partial charge in [-0.1, -0.05) is 0 Å². The van der Waals surface area contributed by atoms with Crippen molar-refractivity contribution in [3.8, 4) is 0 Å². The number of aromatic nitrogens is 1. The SMILES string of the molecule is COC(=O)c1ccc(N)c(NCCCOCC2CC2)n1. The van der Waals surface area contributed by atoms with E-state index in [-0.39, 0.29) is 5.69 Å². The van der Waals surface area contributed by atoms with Gasteiger partial charge in [0.05, 0.1) is 12.8 Å². The van der Waals surface area contributed by atoms with E-state index in [1.54, 1.807) is 12.1 Å². The first-order chi connectivity index (χ1) is 9.70. The van der Waals surface area contributed by atoms with Crippen molar-refractivity contribution >= 4 is 17.5 Å². The zero-order valence-electron chi connectivity index (χ0n) is 11.7. The molecule has 6 heteroatoms. The summed E-state index contributed by atoms with van der Waals surface area (Å²) in [5.41, 5.74) is 6.57. The lowest BCUT2D eigenvalue weighted by Crippen LogP contribution is -2.12. The van der Waals surface area contributed by atoms with Crippen molar-refractivity contribution in [2.45, 2.75) is 19.3 Å². The molecule has 0 aromatic carbocycles. The minimum atomic E-state index is -0.471. The summed E-state index contributed by atoms with van der Waals surface area (Å²) in [5.74, 6) is 0.827. The Morgan fingerprint density at radius 3 is 3.00 bits per heavy atom. The third-order valence-electron chi connectivity index (χ3n) is 3.13. The number of nitrogens with two attached hydrogens (primary N) is 1. The average Bonchev–Trinajstić information content (AvgIpc) is 3.27. The first-order valence-corrected chi connectivity index (χ1v) is 6.87. The molecule has 3 N–H and O–H groups in total. The quantitative estimate of drug-likeness (QED) is 0.556. The maximum absolute atomic E-state index is 11.4. The molecule has 1 heterocycles. The van der Waals surface area contributed by atoms with Crippen molar-refractivity contribution in [1.82, 2.24) is 4.98 Å². The standard InChI is InChI=1S/C14H21N3O3/c1-19-14(18)12-6-5-11(15)13(17-12)16-7-2-8-20-9-10-3-4-10/h5-6,10H,2-4,7-9,15H2,1H3,(H,16,17). The maximum atomic E-state index is 11.4. The fourth-order valence-electron chi connectivity index (χ4n) is 1.75. The van der Waals surface area contributed by atoms with Gasteiger partial charge in [0.25, 0.3) is 0 Å². The van der Waals surface area contributed by atoms with Crippen LogP contribution in [0.1, 0.15) is 29.8 Å². The molecule has 1 fully saturated rings. The van der Waals surface area contributed by atoms with Crippen LogP contribution in [0.5, 0.6) is 0 Å². The summed E-state index contributed by atoms with van der Waals surface area (Å²) in [7, 11) is 1.32. The molecule has 1 saturated carbocycles. The average molecular weight is 279 g/mol. The highest BCUT2D eigenvalue weighted by atomic mass is 16.5. The third kappa shape index (κ3) is 4.38. The Morgan fingerprint density at radius 1 is 1.50 bits per heavy atom. The van der Waals surface area contributed by atoms with Gasteiger partial charge >= 0.3 is 5.97 Å². The van der Waals surface area contributed by atoms with E-state index >= 15 is 0 Å². The molecule has 2 rings (SSSR count). The van der Waals surface area contributed by atoms with Crippen LogP contribution in [0, 0.1) is 5.92 Å². The molecule has 0 saturated heterocycles. The molecule has 110 valence electrons. The summed E-state index contributed by atoms with van der Waals surface area (Å²) in [5, 5.41) is 3.11. The van der Waals surface area contributed by atoms with Crippen LogP contribution < -0.4 is 11.1 Å². The van der Waals surface area contributed by atoms with Gasteiger partial charge in [-0.2, -0.15) is 0 Å². The zero-order chi connectivity index (χ0) is 14.4. The minimum Gasteiger partial charge on any atom is -0.464 e.